The van der Waals surface area contributed by atoms with Crippen molar-refractivity contribution in [3.63, 3.8) is 0 Å². The van der Waals surface area contributed by atoms with Gasteiger partial charge in [0.1, 0.15) is 5.69 Å². The fraction of sp³-hybridized carbons (Fsp3) is 0.238. The highest BCUT2D eigenvalue weighted by molar-refractivity contribution is 5.92. The van der Waals surface area contributed by atoms with Crippen LogP contribution in [0, 0.1) is 13.8 Å². The third-order valence-electron chi connectivity index (χ3n) is 4.24. The molecule has 2 aromatic heterocycles. The van der Waals surface area contributed by atoms with Crippen LogP contribution < -0.4 is 10.6 Å². The number of carbonyl (C=O) groups excluding carboxylic acids is 1. The molecule has 0 radical (unpaired) electrons. The van der Waals surface area contributed by atoms with Gasteiger partial charge < -0.3 is 10.6 Å². The third-order valence-corrected chi connectivity index (χ3v) is 4.24. The number of hydrogen-bond acceptors (Lipinski definition) is 5. The molecule has 0 spiro atoms. The second-order valence-corrected chi connectivity index (χ2v) is 6.35. The van der Waals surface area contributed by atoms with Gasteiger partial charge in [0, 0.05) is 30.3 Å². The molecule has 0 aliphatic rings. The van der Waals surface area contributed by atoms with Crippen molar-refractivity contribution >= 4 is 17.5 Å². The summed E-state index contributed by atoms with van der Waals surface area (Å²) >= 11 is 0. The Morgan fingerprint density at radius 2 is 1.96 bits per heavy atom. The van der Waals surface area contributed by atoms with Crippen LogP contribution in [0.15, 0.2) is 48.8 Å². The van der Waals surface area contributed by atoms with Gasteiger partial charge in [0.25, 0.3) is 5.91 Å². The predicted molar refractivity (Wildman–Crippen MR) is 106 cm³/mol. The maximum Gasteiger partial charge on any atom is 0.270 e. The van der Waals surface area contributed by atoms with Crippen molar-refractivity contribution in [1.29, 1.82) is 0 Å². The molecule has 0 atom stereocenters. The lowest BCUT2D eigenvalue weighted by Gasteiger charge is -2.14. The quantitative estimate of drug-likeness (QED) is 0.699. The van der Waals surface area contributed by atoms with Crippen molar-refractivity contribution in [3.8, 4) is 0 Å². The molecule has 0 aliphatic heterocycles. The number of nitrogens with zero attached hydrogens (tertiary/aromatic N) is 3. The minimum absolute atomic E-state index is 0.243. The topological polar surface area (TPSA) is 79.8 Å². The molecular weight excluding hydrogens is 338 g/mol. The zero-order valence-electron chi connectivity index (χ0n) is 15.8. The van der Waals surface area contributed by atoms with Crippen LogP contribution in [0.1, 0.15) is 39.8 Å². The van der Waals surface area contributed by atoms with Gasteiger partial charge in [-0.3, -0.25) is 9.78 Å². The van der Waals surface area contributed by atoms with Gasteiger partial charge in [-0.1, -0.05) is 31.2 Å². The second kappa shape index (κ2) is 8.40. The summed E-state index contributed by atoms with van der Waals surface area (Å²) in [5.41, 5.74) is 5.28. The van der Waals surface area contributed by atoms with E-state index in [0.29, 0.717) is 18.2 Å². The molecule has 0 unspecified atom stereocenters. The highest BCUT2D eigenvalue weighted by Gasteiger charge is 2.12. The molecule has 3 rings (SSSR count). The molecule has 27 heavy (non-hydrogen) atoms. The Bertz CT molecular complexity index is 941. The van der Waals surface area contributed by atoms with Crippen LogP contribution >= 0.6 is 0 Å². The lowest BCUT2D eigenvalue weighted by Crippen LogP contribution is -2.24. The number of aryl methyl sites for hydroxylation is 3. The number of pyridine rings is 1. The fourth-order valence-electron chi connectivity index (χ4n) is 2.83. The molecule has 0 saturated carbocycles. The van der Waals surface area contributed by atoms with Gasteiger partial charge in [-0.05, 0) is 49.1 Å². The molecular formula is C21H23N5O. The van der Waals surface area contributed by atoms with Crippen LogP contribution in [0.3, 0.4) is 0 Å². The van der Waals surface area contributed by atoms with E-state index in [0.717, 1.165) is 28.9 Å². The molecule has 6 nitrogen and oxygen atoms in total. The average Bonchev–Trinajstić information content (AvgIpc) is 2.68. The smallest absolute Gasteiger partial charge is 0.270 e. The Kier molecular flexibility index (Phi) is 5.76. The monoisotopic (exact) mass is 361 g/mol. The number of amides is 1. The van der Waals surface area contributed by atoms with E-state index in [9.17, 15) is 4.79 Å². The Labute approximate surface area is 159 Å². The number of anilines is 2. The Balaban J connectivity index is 1.79. The van der Waals surface area contributed by atoms with Crippen molar-refractivity contribution in [2.24, 2.45) is 0 Å². The maximum atomic E-state index is 12.5. The van der Waals surface area contributed by atoms with Crippen LogP contribution in [0.2, 0.25) is 0 Å². The Morgan fingerprint density at radius 3 is 2.70 bits per heavy atom. The molecule has 6 heteroatoms. The first kappa shape index (κ1) is 18.5. The summed E-state index contributed by atoms with van der Waals surface area (Å²) in [7, 11) is 0. The minimum atomic E-state index is -0.243. The number of nitrogens with one attached hydrogen (secondary N) is 2. The number of carbonyl (C=O) groups is 1. The van der Waals surface area contributed by atoms with Crippen molar-refractivity contribution in [2.75, 3.05) is 5.32 Å². The van der Waals surface area contributed by atoms with E-state index in [1.807, 2.05) is 38.1 Å². The van der Waals surface area contributed by atoms with Crippen molar-refractivity contribution < 1.29 is 4.79 Å². The first-order valence-electron chi connectivity index (χ1n) is 8.95. The highest BCUT2D eigenvalue weighted by Crippen LogP contribution is 2.24. The van der Waals surface area contributed by atoms with E-state index in [4.69, 9.17) is 0 Å². The van der Waals surface area contributed by atoms with Crippen LogP contribution in [0.4, 0.5) is 11.6 Å². The molecule has 1 aromatic carbocycles. The number of aromatic nitrogens is 3. The van der Waals surface area contributed by atoms with Crippen molar-refractivity contribution in [1.82, 2.24) is 20.3 Å². The summed E-state index contributed by atoms with van der Waals surface area (Å²) in [6.45, 7) is 6.40. The van der Waals surface area contributed by atoms with E-state index in [1.165, 1.54) is 5.56 Å². The zero-order valence-corrected chi connectivity index (χ0v) is 15.8. The summed E-state index contributed by atoms with van der Waals surface area (Å²) in [5, 5.41) is 6.16. The van der Waals surface area contributed by atoms with Gasteiger partial charge in [0.2, 0.25) is 5.95 Å². The van der Waals surface area contributed by atoms with Gasteiger partial charge in [0.05, 0.1) is 0 Å². The third kappa shape index (κ3) is 4.67. The van der Waals surface area contributed by atoms with Gasteiger partial charge in [-0.15, -0.1) is 0 Å². The molecule has 0 bridgehead atoms. The van der Waals surface area contributed by atoms with E-state index >= 15 is 0 Å². The predicted octanol–water partition coefficient (Wildman–Crippen LogP) is 3.72. The molecule has 138 valence electrons. The second-order valence-electron chi connectivity index (χ2n) is 6.35. The summed E-state index contributed by atoms with van der Waals surface area (Å²) < 4.78 is 0. The van der Waals surface area contributed by atoms with E-state index in [2.05, 4.69) is 38.6 Å². The standard InChI is InChI=1S/C21H23N5O/c1-4-17-9-5-7-14(2)19(17)26-21-24-15(3)11-18(25-21)20(27)23-13-16-8-6-10-22-12-16/h5-12H,4,13H2,1-3H3,(H,23,27)(H,24,25,26). The maximum absolute atomic E-state index is 12.5. The largest absolute Gasteiger partial charge is 0.347 e. The lowest BCUT2D eigenvalue weighted by atomic mass is 10.1. The number of para-hydroxylation sites is 1. The zero-order chi connectivity index (χ0) is 19.2. The van der Waals surface area contributed by atoms with Crippen molar-refractivity contribution in [2.45, 2.75) is 33.7 Å². The molecule has 2 heterocycles. The van der Waals surface area contributed by atoms with Crippen LogP contribution in [-0.4, -0.2) is 20.9 Å². The number of benzene rings is 1. The normalized spacial score (nSPS) is 10.5. The van der Waals surface area contributed by atoms with Gasteiger partial charge in [0.15, 0.2) is 0 Å². The first-order chi connectivity index (χ1) is 13.1. The minimum Gasteiger partial charge on any atom is -0.347 e. The molecule has 0 saturated heterocycles. The molecule has 2 N–H and O–H groups in total. The van der Waals surface area contributed by atoms with Crippen LogP contribution in [-0.2, 0) is 13.0 Å². The molecule has 3 aromatic rings. The van der Waals surface area contributed by atoms with Gasteiger partial charge >= 0.3 is 0 Å². The van der Waals surface area contributed by atoms with E-state index in [1.54, 1.807) is 18.5 Å². The number of rotatable bonds is 6. The van der Waals surface area contributed by atoms with Gasteiger partial charge in [-0.2, -0.15) is 0 Å². The fourth-order valence-corrected chi connectivity index (χ4v) is 2.83. The molecule has 0 fully saturated rings. The summed E-state index contributed by atoms with van der Waals surface area (Å²) in [5.74, 6) is 0.179. The van der Waals surface area contributed by atoms with Crippen LogP contribution in [0.25, 0.3) is 0 Å². The SMILES string of the molecule is CCc1cccc(C)c1Nc1nc(C)cc(C(=O)NCc2cccnc2)n1. The van der Waals surface area contributed by atoms with Crippen molar-refractivity contribution in [3.05, 3.63) is 76.9 Å². The number of hydrogen-bond donors (Lipinski definition) is 2. The van der Waals surface area contributed by atoms with Gasteiger partial charge in [-0.25, -0.2) is 9.97 Å². The Morgan fingerprint density at radius 1 is 1.11 bits per heavy atom. The highest BCUT2D eigenvalue weighted by atomic mass is 16.1. The van der Waals surface area contributed by atoms with E-state index < -0.39 is 0 Å². The van der Waals surface area contributed by atoms with E-state index in [-0.39, 0.29) is 5.91 Å². The van der Waals surface area contributed by atoms with Crippen LogP contribution in [0.5, 0.6) is 0 Å². The molecule has 0 aliphatic carbocycles. The Hall–Kier alpha value is -3.28. The molecule has 1 amide bonds. The summed E-state index contributed by atoms with van der Waals surface area (Å²) in [4.78, 5) is 25.4. The first-order valence-corrected chi connectivity index (χ1v) is 8.95. The summed E-state index contributed by atoms with van der Waals surface area (Å²) in [6.07, 6.45) is 4.32. The lowest BCUT2D eigenvalue weighted by molar-refractivity contribution is 0.0945. The summed E-state index contributed by atoms with van der Waals surface area (Å²) in [6, 6.07) is 11.6. The average molecular weight is 361 g/mol.